The van der Waals surface area contributed by atoms with Gasteiger partial charge in [-0.15, -0.1) is 0 Å². The van der Waals surface area contributed by atoms with Gasteiger partial charge in [0.05, 0.1) is 16.8 Å². The van der Waals surface area contributed by atoms with Crippen LogP contribution < -0.4 is 5.32 Å². The molecule has 128 valence electrons. The summed E-state index contributed by atoms with van der Waals surface area (Å²) < 4.78 is 24.5. The maximum atomic E-state index is 12.2. The lowest BCUT2D eigenvalue weighted by atomic mass is 10.1. The lowest BCUT2D eigenvalue weighted by molar-refractivity contribution is -0.115. The van der Waals surface area contributed by atoms with E-state index in [9.17, 15) is 13.2 Å². The number of hydrogen-bond acceptors (Lipinski definition) is 4. The number of nitrogens with zero attached hydrogens (tertiary/aromatic N) is 1. The van der Waals surface area contributed by atoms with Crippen molar-refractivity contribution in [2.45, 2.75) is 11.3 Å². The highest BCUT2D eigenvalue weighted by molar-refractivity contribution is 7.91. The first-order valence-corrected chi connectivity index (χ1v) is 9.38. The molecule has 3 aromatic rings. The van der Waals surface area contributed by atoms with E-state index in [-0.39, 0.29) is 23.0 Å². The van der Waals surface area contributed by atoms with Crippen molar-refractivity contribution < 1.29 is 13.2 Å². The number of aromatic amines is 1. The molecule has 0 aliphatic heterocycles. The van der Waals surface area contributed by atoms with E-state index in [1.54, 1.807) is 24.4 Å². The number of amides is 1. The number of nitrogens with one attached hydrogen (secondary N) is 2. The Hall–Kier alpha value is -2.93. The van der Waals surface area contributed by atoms with Gasteiger partial charge in [-0.3, -0.25) is 9.89 Å². The molecule has 0 aliphatic carbocycles. The fourth-order valence-electron chi connectivity index (χ4n) is 2.39. The van der Waals surface area contributed by atoms with E-state index in [4.69, 9.17) is 0 Å². The van der Waals surface area contributed by atoms with Crippen molar-refractivity contribution in [3.63, 3.8) is 0 Å². The van der Waals surface area contributed by atoms with Crippen LogP contribution in [0.25, 0.3) is 11.1 Å². The minimum absolute atomic E-state index is 0.134. The molecule has 0 saturated carbocycles. The van der Waals surface area contributed by atoms with Crippen LogP contribution >= 0.6 is 0 Å². The fourth-order valence-corrected chi connectivity index (χ4v) is 3.65. The van der Waals surface area contributed by atoms with Gasteiger partial charge >= 0.3 is 0 Å². The summed E-state index contributed by atoms with van der Waals surface area (Å²) in [5.74, 6) is -0.188. The minimum Gasteiger partial charge on any atom is -0.311 e. The maximum Gasteiger partial charge on any atom is 0.226 e. The Balaban J connectivity index is 1.66. The Morgan fingerprint density at radius 1 is 1.00 bits per heavy atom. The molecule has 6 nitrogen and oxygen atoms in total. The second-order valence-electron chi connectivity index (χ2n) is 5.45. The van der Waals surface area contributed by atoms with Crippen LogP contribution in [-0.4, -0.2) is 30.3 Å². The predicted octanol–water partition coefficient (Wildman–Crippen LogP) is 2.88. The average Bonchev–Trinajstić information content (AvgIpc) is 3.10. The number of anilines is 1. The molecule has 7 heteroatoms. The zero-order valence-electron chi connectivity index (χ0n) is 13.3. The first-order valence-electron chi connectivity index (χ1n) is 7.73. The molecule has 0 atom stereocenters. The van der Waals surface area contributed by atoms with Crippen molar-refractivity contribution in [1.82, 2.24) is 10.2 Å². The zero-order chi connectivity index (χ0) is 17.7. The molecular formula is C18H17N3O3S. The number of aromatic nitrogens is 2. The van der Waals surface area contributed by atoms with Crippen LogP contribution in [0.1, 0.15) is 6.42 Å². The van der Waals surface area contributed by atoms with Crippen LogP contribution in [0.2, 0.25) is 0 Å². The van der Waals surface area contributed by atoms with Gasteiger partial charge in [0.25, 0.3) is 0 Å². The van der Waals surface area contributed by atoms with Gasteiger partial charge in [0.2, 0.25) is 5.91 Å². The van der Waals surface area contributed by atoms with E-state index in [0.717, 1.165) is 11.1 Å². The summed E-state index contributed by atoms with van der Waals surface area (Å²) in [5.41, 5.74) is 1.66. The Kier molecular flexibility index (Phi) is 4.95. The molecule has 0 unspecified atom stereocenters. The number of H-pyrrole nitrogens is 1. The third kappa shape index (κ3) is 4.13. The van der Waals surface area contributed by atoms with Gasteiger partial charge in [-0.05, 0) is 17.7 Å². The van der Waals surface area contributed by atoms with E-state index < -0.39 is 9.84 Å². The van der Waals surface area contributed by atoms with E-state index in [0.29, 0.717) is 5.82 Å². The number of hydrogen-bond donors (Lipinski definition) is 2. The molecule has 2 aromatic carbocycles. The number of sulfone groups is 1. The molecule has 1 heterocycles. The molecule has 1 aromatic heterocycles. The molecule has 2 N–H and O–H groups in total. The Morgan fingerprint density at radius 2 is 1.64 bits per heavy atom. The molecule has 25 heavy (non-hydrogen) atoms. The number of carbonyl (C=O) groups is 1. The van der Waals surface area contributed by atoms with Gasteiger partial charge in [-0.2, -0.15) is 5.10 Å². The average molecular weight is 355 g/mol. The summed E-state index contributed by atoms with van der Waals surface area (Å²) in [6.45, 7) is 0. The highest BCUT2D eigenvalue weighted by Gasteiger charge is 2.17. The normalized spacial score (nSPS) is 11.2. The Bertz CT molecular complexity index is 952. The van der Waals surface area contributed by atoms with Crippen LogP contribution in [-0.2, 0) is 14.6 Å². The van der Waals surface area contributed by atoms with Crippen molar-refractivity contribution in [2.75, 3.05) is 11.1 Å². The van der Waals surface area contributed by atoms with Gasteiger partial charge < -0.3 is 5.32 Å². The topological polar surface area (TPSA) is 91.9 Å². The van der Waals surface area contributed by atoms with Crippen LogP contribution in [0, 0.1) is 0 Å². The predicted molar refractivity (Wildman–Crippen MR) is 95.8 cm³/mol. The second-order valence-corrected chi connectivity index (χ2v) is 7.56. The summed E-state index contributed by atoms with van der Waals surface area (Å²) in [7, 11) is -3.48. The standard InChI is InChI=1S/C18H17N3O3S/c22-17(11-12-25(23,24)15-9-5-2-6-10-15)20-18-16(13-19-21-18)14-7-3-1-4-8-14/h1-10,13H,11-12H2,(H2,19,20,21,22). The molecule has 0 bridgehead atoms. The molecule has 0 aliphatic rings. The monoisotopic (exact) mass is 355 g/mol. The maximum absolute atomic E-state index is 12.2. The SMILES string of the molecule is O=C(CCS(=O)(=O)c1ccccc1)Nc1[nH]ncc1-c1ccccc1. The highest BCUT2D eigenvalue weighted by Crippen LogP contribution is 2.25. The fraction of sp³-hybridized carbons (Fsp3) is 0.111. The number of carbonyl (C=O) groups excluding carboxylic acids is 1. The van der Waals surface area contributed by atoms with Crippen LogP contribution in [0.3, 0.4) is 0 Å². The third-order valence-electron chi connectivity index (χ3n) is 3.69. The molecule has 0 saturated heterocycles. The largest absolute Gasteiger partial charge is 0.311 e. The van der Waals surface area contributed by atoms with Crippen molar-refractivity contribution in [3.05, 3.63) is 66.9 Å². The molecule has 0 radical (unpaired) electrons. The third-order valence-corrected chi connectivity index (χ3v) is 5.42. The van der Waals surface area contributed by atoms with Crippen LogP contribution in [0.15, 0.2) is 71.8 Å². The van der Waals surface area contributed by atoms with Gasteiger partial charge in [0, 0.05) is 12.0 Å². The van der Waals surface area contributed by atoms with Crippen LogP contribution in [0.4, 0.5) is 5.82 Å². The van der Waals surface area contributed by atoms with Crippen LogP contribution in [0.5, 0.6) is 0 Å². The van der Waals surface area contributed by atoms with E-state index in [1.165, 1.54) is 12.1 Å². The number of benzene rings is 2. The summed E-state index contributed by atoms with van der Waals surface area (Å²) >= 11 is 0. The van der Waals surface area contributed by atoms with Crippen molar-refractivity contribution >= 4 is 21.6 Å². The molecule has 1 amide bonds. The summed E-state index contributed by atoms with van der Waals surface area (Å²) in [6.07, 6.45) is 1.48. The van der Waals surface area contributed by atoms with Gasteiger partial charge in [0.1, 0.15) is 5.82 Å². The Labute approximate surface area is 145 Å². The quantitative estimate of drug-likeness (QED) is 0.711. The van der Waals surface area contributed by atoms with E-state index in [1.807, 2.05) is 30.3 Å². The highest BCUT2D eigenvalue weighted by atomic mass is 32.2. The van der Waals surface area contributed by atoms with Crippen molar-refractivity contribution in [1.29, 1.82) is 0 Å². The van der Waals surface area contributed by atoms with Crippen molar-refractivity contribution in [3.8, 4) is 11.1 Å². The van der Waals surface area contributed by atoms with Gasteiger partial charge in [-0.1, -0.05) is 48.5 Å². The minimum atomic E-state index is -3.48. The lowest BCUT2D eigenvalue weighted by Gasteiger charge is -2.07. The van der Waals surface area contributed by atoms with Gasteiger partial charge in [-0.25, -0.2) is 8.42 Å². The first kappa shape index (κ1) is 16.9. The van der Waals surface area contributed by atoms with E-state index >= 15 is 0 Å². The zero-order valence-corrected chi connectivity index (χ0v) is 14.2. The number of rotatable bonds is 6. The molecular weight excluding hydrogens is 338 g/mol. The molecule has 0 fully saturated rings. The molecule has 0 spiro atoms. The smallest absolute Gasteiger partial charge is 0.226 e. The second kappa shape index (κ2) is 7.31. The summed E-state index contributed by atoms with van der Waals surface area (Å²) in [5, 5.41) is 9.37. The van der Waals surface area contributed by atoms with Crippen molar-refractivity contribution in [2.24, 2.45) is 0 Å². The first-order chi connectivity index (χ1) is 12.1. The lowest BCUT2D eigenvalue weighted by Crippen LogP contribution is -2.18. The van der Waals surface area contributed by atoms with Gasteiger partial charge in [0.15, 0.2) is 9.84 Å². The Morgan fingerprint density at radius 3 is 2.32 bits per heavy atom. The summed E-state index contributed by atoms with van der Waals surface area (Å²) in [4.78, 5) is 12.4. The summed E-state index contributed by atoms with van der Waals surface area (Å²) in [6, 6.07) is 17.6. The molecule has 3 rings (SSSR count). The van der Waals surface area contributed by atoms with E-state index in [2.05, 4.69) is 15.5 Å².